The van der Waals surface area contributed by atoms with Crippen LogP contribution in [0, 0.1) is 13.8 Å². The summed E-state index contributed by atoms with van der Waals surface area (Å²) in [5.74, 6) is 1.07. The third-order valence-electron chi connectivity index (χ3n) is 5.37. The van der Waals surface area contributed by atoms with Crippen LogP contribution in [0.15, 0.2) is 53.9 Å². The van der Waals surface area contributed by atoms with Gasteiger partial charge in [-0.3, -0.25) is 4.90 Å². The average molecular weight is 440 g/mol. The van der Waals surface area contributed by atoms with Crippen LogP contribution in [0.2, 0.25) is 0 Å². The molecule has 3 aromatic rings. The van der Waals surface area contributed by atoms with Gasteiger partial charge in [-0.1, -0.05) is 18.2 Å². The van der Waals surface area contributed by atoms with Crippen LogP contribution in [0.3, 0.4) is 0 Å². The van der Waals surface area contributed by atoms with Crippen LogP contribution in [-0.4, -0.2) is 59.4 Å². The number of hydrogen-bond donors (Lipinski definition) is 1. The van der Waals surface area contributed by atoms with Crippen molar-refractivity contribution in [3.05, 3.63) is 65.9 Å². The Morgan fingerprint density at radius 3 is 2.29 bits per heavy atom. The Morgan fingerprint density at radius 1 is 0.935 bits per heavy atom. The first-order chi connectivity index (χ1) is 14.9. The summed E-state index contributed by atoms with van der Waals surface area (Å²) in [7, 11) is -3.69. The molecular weight excluding hydrogens is 414 g/mol. The lowest BCUT2D eigenvalue weighted by Gasteiger charge is -2.36. The second-order valence-electron chi connectivity index (χ2n) is 7.50. The smallest absolute Gasteiger partial charge is 0.264 e. The van der Waals surface area contributed by atoms with Crippen molar-refractivity contribution in [2.45, 2.75) is 25.3 Å². The van der Waals surface area contributed by atoms with Crippen LogP contribution in [0.25, 0.3) is 0 Å². The predicted molar refractivity (Wildman–Crippen MR) is 118 cm³/mol. The molecule has 0 aliphatic carbocycles. The van der Waals surface area contributed by atoms with Gasteiger partial charge >= 0.3 is 0 Å². The Morgan fingerprint density at radius 2 is 1.61 bits per heavy atom. The molecule has 4 rings (SSSR count). The Balaban J connectivity index is 1.33. The number of aryl methyl sites for hydroxylation is 1. The summed E-state index contributed by atoms with van der Waals surface area (Å²) in [5.41, 5.74) is 3.07. The maximum absolute atomic E-state index is 12.4. The largest absolute Gasteiger partial charge is 0.354 e. The number of sulfonamides is 1. The molecule has 1 aliphatic heterocycles. The van der Waals surface area contributed by atoms with Crippen molar-refractivity contribution in [1.82, 2.24) is 24.8 Å². The molecule has 1 aliphatic rings. The number of aromatic nitrogens is 4. The van der Waals surface area contributed by atoms with E-state index in [4.69, 9.17) is 0 Å². The second kappa shape index (κ2) is 8.94. The van der Waals surface area contributed by atoms with Crippen molar-refractivity contribution in [2.75, 3.05) is 35.8 Å². The van der Waals surface area contributed by atoms with Gasteiger partial charge in [-0.2, -0.15) is 0 Å². The molecule has 9 nitrogen and oxygen atoms in total. The van der Waals surface area contributed by atoms with E-state index in [1.54, 1.807) is 36.9 Å². The zero-order chi connectivity index (χ0) is 21.8. The van der Waals surface area contributed by atoms with E-state index in [0.717, 1.165) is 48.8 Å². The highest BCUT2D eigenvalue weighted by atomic mass is 32.2. The van der Waals surface area contributed by atoms with Crippen molar-refractivity contribution in [1.29, 1.82) is 0 Å². The summed E-state index contributed by atoms with van der Waals surface area (Å²) in [6.07, 6.45) is 4.95. The first kappa shape index (κ1) is 21.1. The molecule has 3 heterocycles. The first-order valence-electron chi connectivity index (χ1n) is 10.1. The molecule has 0 bridgehead atoms. The van der Waals surface area contributed by atoms with E-state index >= 15 is 0 Å². The highest BCUT2D eigenvalue weighted by Gasteiger charge is 2.20. The van der Waals surface area contributed by atoms with E-state index in [9.17, 15) is 8.42 Å². The van der Waals surface area contributed by atoms with E-state index in [-0.39, 0.29) is 10.8 Å². The van der Waals surface area contributed by atoms with Gasteiger partial charge in [-0.25, -0.2) is 33.1 Å². The minimum atomic E-state index is -3.69. The third kappa shape index (κ3) is 4.97. The fourth-order valence-electron chi connectivity index (χ4n) is 3.49. The van der Waals surface area contributed by atoms with Crippen LogP contribution in [-0.2, 0) is 16.6 Å². The molecule has 0 atom stereocenters. The van der Waals surface area contributed by atoms with Crippen LogP contribution in [0.4, 0.5) is 11.8 Å². The van der Waals surface area contributed by atoms with Crippen molar-refractivity contribution in [3.63, 3.8) is 0 Å². The van der Waals surface area contributed by atoms with Gasteiger partial charge in [-0.15, -0.1) is 0 Å². The lowest BCUT2D eigenvalue weighted by Crippen LogP contribution is -2.46. The van der Waals surface area contributed by atoms with Crippen LogP contribution in [0.5, 0.6) is 0 Å². The van der Waals surface area contributed by atoms with Gasteiger partial charge in [0.25, 0.3) is 10.0 Å². The predicted octanol–water partition coefficient (Wildman–Crippen LogP) is 2.01. The van der Waals surface area contributed by atoms with Crippen LogP contribution in [0.1, 0.15) is 16.8 Å². The SMILES string of the molecule is Cc1ncnc(N2CCN(Cc3cnc(NS(=O)(=O)c4ccccc4)nc3)CC2)c1C. The molecule has 0 spiro atoms. The molecule has 0 amide bonds. The quantitative estimate of drug-likeness (QED) is 0.622. The molecule has 0 unspecified atom stereocenters. The van der Waals surface area contributed by atoms with E-state index in [2.05, 4.69) is 41.4 Å². The number of anilines is 2. The Hall–Kier alpha value is -3.11. The fraction of sp³-hybridized carbons (Fsp3) is 0.333. The molecule has 0 radical (unpaired) electrons. The van der Waals surface area contributed by atoms with E-state index in [0.29, 0.717) is 6.54 Å². The average Bonchev–Trinajstić information content (AvgIpc) is 2.78. The maximum Gasteiger partial charge on any atom is 0.264 e. The van der Waals surface area contributed by atoms with Gasteiger partial charge in [0.15, 0.2) is 0 Å². The topological polar surface area (TPSA) is 104 Å². The standard InChI is InChI=1S/C21H25N7O2S/c1-16-17(2)24-15-25-20(16)28-10-8-27(9-11-28)14-18-12-22-21(23-13-18)26-31(29,30)19-6-4-3-5-7-19/h3-7,12-13,15H,8-11,14H2,1-2H3,(H,22,23,26). The highest BCUT2D eigenvalue weighted by Crippen LogP contribution is 2.20. The molecule has 1 saturated heterocycles. The summed E-state index contributed by atoms with van der Waals surface area (Å²) in [5, 5.41) is 0. The van der Waals surface area contributed by atoms with E-state index in [1.807, 2.05) is 6.92 Å². The molecule has 162 valence electrons. The summed E-state index contributed by atoms with van der Waals surface area (Å²) in [4.78, 5) is 21.9. The highest BCUT2D eigenvalue weighted by molar-refractivity contribution is 7.92. The van der Waals surface area contributed by atoms with Gasteiger partial charge in [0.05, 0.1) is 4.90 Å². The fourth-order valence-corrected chi connectivity index (χ4v) is 4.47. The molecule has 31 heavy (non-hydrogen) atoms. The zero-order valence-corrected chi connectivity index (χ0v) is 18.4. The maximum atomic E-state index is 12.4. The number of rotatable bonds is 6. The molecule has 1 N–H and O–H groups in total. The lowest BCUT2D eigenvalue weighted by atomic mass is 10.2. The number of hydrogen-bond acceptors (Lipinski definition) is 8. The minimum absolute atomic E-state index is 0.0621. The van der Waals surface area contributed by atoms with Gasteiger partial charge < -0.3 is 4.90 Å². The molecule has 10 heteroatoms. The molecular formula is C21H25N7O2S. The summed E-state index contributed by atoms with van der Waals surface area (Å²) in [6.45, 7) is 8.32. The normalized spacial score (nSPS) is 15.1. The van der Waals surface area contributed by atoms with Crippen LogP contribution < -0.4 is 9.62 Å². The molecule has 0 saturated carbocycles. The van der Waals surface area contributed by atoms with Crippen molar-refractivity contribution in [2.24, 2.45) is 0 Å². The Bertz CT molecular complexity index is 1130. The molecule has 1 fully saturated rings. The van der Waals surface area contributed by atoms with Gasteiger partial charge in [0.2, 0.25) is 5.95 Å². The van der Waals surface area contributed by atoms with E-state index < -0.39 is 10.0 Å². The lowest BCUT2D eigenvalue weighted by molar-refractivity contribution is 0.248. The number of piperazine rings is 1. The third-order valence-corrected chi connectivity index (χ3v) is 6.72. The van der Waals surface area contributed by atoms with Crippen molar-refractivity contribution < 1.29 is 8.42 Å². The first-order valence-corrected chi connectivity index (χ1v) is 11.5. The van der Waals surface area contributed by atoms with Gasteiger partial charge in [0, 0.05) is 61.9 Å². The van der Waals surface area contributed by atoms with Crippen molar-refractivity contribution in [3.8, 4) is 0 Å². The number of nitrogens with one attached hydrogen (secondary N) is 1. The second-order valence-corrected chi connectivity index (χ2v) is 9.19. The van der Waals surface area contributed by atoms with Gasteiger partial charge in [-0.05, 0) is 26.0 Å². The summed E-state index contributed by atoms with van der Waals surface area (Å²) >= 11 is 0. The van der Waals surface area contributed by atoms with Crippen LogP contribution >= 0.6 is 0 Å². The molecule has 2 aromatic heterocycles. The molecule has 1 aromatic carbocycles. The number of nitrogens with zero attached hydrogens (tertiary/aromatic N) is 6. The Labute approximate surface area is 182 Å². The monoisotopic (exact) mass is 439 g/mol. The summed E-state index contributed by atoms with van der Waals surface area (Å²) in [6, 6.07) is 8.16. The Kier molecular flexibility index (Phi) is 6.10. The van der Waals surface area contributed by atoms with Gasteiger partial charge in [0.1, 0.15) is 12.1 Å². The summed E-state index contributed by atoms with van der Waals surface area (Å²) < 4.78 is 27.2. The zero-order valence-electron chi connectivity index (χ0n) is 17.6. The number of benzene rings is 1. The van der Waals surface area contributed by atoms with E-state index in [1.165, 1.54) is 12.1 Å². The minimum Gasteiger partial charge on any atom is -0.354 e. The van der Waals surface area contributed by atoms with Crippen molar-refractivity contribution >= 4 is 21.8 Å².